The molecule has 1 N–H and O–H groups in total. The van der Waals surface area contributed by atoms with Gasteiger partial charge in [0.25, 0.3) is 0 Å². The lowest BCUT2D eigenvalue weighted by Gasteiger charge is -2.08. The third-order valence-electron chi connectivity index (χ3n) is 6.88. The van der Waals surface area contributed by atoms with Crippen LogP contribution < -0.4 is 0 Å². The van der Waals surface area contributed by atoms with E-state index in [1.54, 1.807) is 4.68 Å². The van der Waals surface area contributed by atoms with Crippen LogP contribution in [0.25, 0.3) is 0 Å². The predicted molar refractivity (Wildman–Crippen MR) is 143 cm³/mol. The van der Waals surface area contributed by atoms with E-state index in [1.165, 1.54) is 70.4 Å². The molecule has 36 heavy (non-hydrogen) atoms. The number of carboxylic acid groups (broad SMARTS) is 1. The second-order valence-corrected chi connectivity index (χ2v) is 11.7. The molecule has 0 bridgehead atoms. The van der Waals surface area contributed by atoms with Crippen LogP contribution in [0.1, 0.15) is 106 Å². The summed E-state index contributed by atoms with van der Waals surface area (Å²) in [6.07, 6.45) is 18.3. The Morgan fingerprint density at radius 2 is 1.22 bits per heavy atom. The van der Waals surface area contributed by atoms with Gasteiger partial charge in [0.15, 0.2) is 10.3 Å². The number of hydrogen-bond acceptors (Lipinski definition) is 7. The van der Waals surface area contributed by atoms with Gasteiger partial charge in [-0.2, -0.15) is 0 Å². The van der Waals surface area contributed by atoms with Crippen LogP contribution in [-0.2, 0) is 0 Å². The Balaban J connectivity index is 0.000000127. The lowest BCUT2D eigenvalue weighted by Crippen LogP contribution is -2.06. The molecule has 3 saturated carbocycles. The number of aromatic nitrogens is 9. The maximum absolute atomic E-state index is 10.5. The van der Waals surface area contributed by atoms with Crippen molar-refractivity contribution in [2.45, 2.75) is 95.2 Å². The Hall–Kier alpha value is -1.67. The van der Waals surface area contributed by atoms with E-state index in [2.05, 4.69) is 78.7 Å². The summed E-state index contributed by atoms with van der Waals surface area (Å²) in [6, 6.07) is 1.52. The minimum Gasteiger partial charge on any atom is -0.476 e. The summed E-state index contributed by atoms with van der Waals surface area (Å²) in [4.78, 5) is 10.5. The molecule has 0 amide bonds. The molecule has 0 atom stereocenters. The van der Waals surface area contributed by atoms with Crippen molar-refractivity contribution in [1.29, 1.82) is 0 Å². The molecule has 14 heteroatoms. The van der Waals surface area contributed by atoms with E-state index in [-0.39, 0.29) is 5.69 Å². The van der Waals surface area contributed by atoms with E-state index >= 15 is 0 Å². The molecule has 0 unspecified atom stereocenters. The van der Waals surface area contributed by atoms with Crippen molar-refractivity contribution in [3.8, 4) is 0 Å². The summed E-state index contributed by atoms with van der Waals surface area (Å²) in [5, 5.41) is 31.9. The van der Waals surface area contributed by atoms with Crippen molar-refractivity contribution in [3.05, 3.63) is 31.9 Å². The molecule has 3 aromatic heterocycles. The summed E-state index contributed by atoms with van der Waals surface area (Å²) in [6.45, 7) is 0. The van der Waals surface area contributed by atoms with E-state index in [9.17, 15) is 4.79 Å². The van der Waals surface area contributed by atoms with Crippen LogP contribution in [-0.4, -0.2) is 56.1 Å². The fraction of sp³-hybridized carbons (Fsp3) is 0.682. The Morgan fingerprint density at radius 1 is 0.722 bits per heavy atom. The fourth-order valence-corrected chi connectivity index (χ4v) is 5.94. The Morgan fingerprint density at radius 3 is 1.64 bits per heavy atom. The van der Waals surface area contributed by atoms with Gasteiger partial charge >= 0.3 is 5.97 Å². The first-order valence-electron chi connectivity index (χ1n) is 12.4. The Labute approximate surface area is 234 Å². The molecule has 3 fully saturated rings. The Bertz CT molecular complexity index is 1110. The zero-order chi connectivity index (χ0) is 25.5. The van der Waals surface area contributed by atoms with Gasteiger partial charge in [0, 0.05) is 0 Å². The van der Waals surface area contributed by atoms with E-state index in [1.807, 2.05) is 15.6 Å². The van der Waals surface area contributed by atoms with Crippen LogP contribution in [0.15, 0.2) is 26.2 Å². The third-order valence-corrected chi connectivity index (χ3v) is 9.05. The molecule has 0 spiro atoms. The zero-order valence-corrected chi connectivity index (χ0v) is 24.6. The van der Waals surface area contributed by atoms with Gasteiger partial charge in [-0.05, 0) is 86.3 Å². The first-order chi connectivity index (χ1) is 17.4. The lowest BCUT2D eigenvalue weighted by atomic mass is 10.2. The van der Waals surface area contributed by atoms with Gasteiger partial charge in [-0.15, -0.1) is 15.3 Å². The highest BCUT2D eigenvalue weighted by Crippen LogP contribution is 2.33. The normalized spacial score (nSPS) is 18.6. The highest BCUT2D eigenvalue weighted by molar-refractivity contribution is 9.13. The fourth-order valence-electron chi connectivity index (χ4n) is 4.97. The molecule has 3 aliphatic rings. The summed E-state index contributed by atoms with van der Waals surface area (Å²) in [5.74, 6) is -1.01. The molecular weight excluding hydrogens is 662 g/mol. The number of rotatable bonds is 4. The zero-order valence-electron chi connectivity index (χ0n) is 19.9. The van der Waals surface area contributed by atoms with Crippen LogP contribution in [0, 0.1) is 0 Å². The number of carbonyl (C=O) groups is 1. The predicted octanol–water partition coefficient (Wildman–Crippen LogP) is 6.17. The molecule has 0 radical (unpaired) electrons. The van der Waals surface area contributed by atoms with Crippen molar-refractivity contribution in [1.82, 2.24) is 45.0 Å². The van der Waals surface area contributed by atoms with Gasteiger partial charge in [0.1, 0.15) is 9.21 Å². The monoisotopic (exact) mass is 689 g/mol. The van der Waals surface area contributed by atoms with Crippen LogP contribution >= 0.6 is 47.8 Å². The van der Waals surface area contributed by atoms with Crippen molar-refractivity contribution in [2.75, 3.05) is 0 Å². The average Bonchev–Trinajstić information content (AvgIpc) is 3.70. The van der Waals surface area contributed by atoms with Crippen LogP contribution in [0.4, 0.5) is 0 Å². The summed E-state index contributed by atoms with van der Waals surface area (Å²) < 4.78 is 8.22. The summed E-state index contributed by atoms with van der Waals surface area (Å²) >= 11 is 10.1. The van der Waals surface area contributed by atoms with E-state index < -0.39 is 5.97 Å². The quantitative estimate of drug-likeness (QED) is 0.344. The molecule has 0 saturated heterocycles. The van der Waals surface area contributed by atoms with Gasteiger partial charge in [-0.1, -0.05) is 54.2 Å². The van der Waals surface area contributed by atoms with Crippen LogP contribution in [0.2, 0.25) is 0 Å². The largest absolute Gasteiger partial charge is 0.476 e. The molecule has 196 valence electrons. The van der Waals surface area contributed by atoms with Gasteiger partial charge in [0.2, 0.25) is 0 Å². The van der Waals surface area contributed by atoms with E-state index in [4.69, 9.17) is 5.11 Å². The van der Waals surface area contributed by atoms with Crippen LogP contribution in [0.5, 0.6) is 0 Å². The van der Waals surface area contributed by atoms with Crippen molar-refractivity contribution in [3.63, 3.8) is 0 Å². The van der Waals surface area contributed by atoms with Gasteiger partial charge < -0.3 is 5.11 Å². The number of carboxylic acids is 1. The minimum atomic E-state index is -1.01. The highest BCUT2D eigenvalue weighted by Gasteiger charge is 2.21. The number of aromatic carboxylic acids is 1. The second kappa shape index (κ2) is 13.2. The molecule has 3 aromatic rings. The summed E-state index contributed by atoms with van der Waals surface area (Å²) in [7, 11) is 0. The van der Waals surface area contributed by atoms with Gasteiger partial charge in [0.05, 0.1) is 30.5 Å². The SMILES string of the molecule is Brc1cn(C2CCCC2)nn1.Brc1nnn(C2CCCC2)c1Br.O=C(O)c1cn(C2CCCC2)nn1. The molecular formula is C22H30Br3N9O2. The second-order valence-electron chi connectivity index (χ2n) is 9.34. The van der Waals surface area contributed by atoms with Crippen molar-refractivity contribution >= 4 is 53.8 Å². The Kier molecular flexibility index (Phi) is 10.1. The maximum atomic E-state index is 10.5. The molecule has 0 aliphatic heterocycles. The maximum Gasteiger partial charge on any atom is 0.358 e. The molecule has 3 aliphatic carbocycles. The van der Waals surface area contributed by atoms with Crippen molar-refractivity contribution < 1.29 is 9.90 Å². The molecule has 0 aromatic carbocycles. The number of hydrogen-bond donors (Lipinski definition) is 1. The minimum absolute atomic E-state index is 0.0342. The first kappa shape index (κ1) is 27.4. The number of nitrogens with zero attached hydrogens (tertiary/aromatic N) is 9. The molecule has 11 nitrogen and oxygen atoms in total. The molecule has 6 rings (SSSR count). The first-order valence-corrected chi connectivity index (χ1v) is 14.8. The summed E-state index contributed by atoms with van der Waals surface area (Å²) in [5.41, 5.74) is 0.0342. The van der Waals surface area contributed by atoms with E-state index in [0.717, 1.165) is 26.7 Å². The van der Waals surface area contributed by atoms with Crippen molar-refractivity contribution in [2.24, 2.45) is 0 Å². The highest BCUT2D eigenvalue weighted by atomic mass is 79.9. The topological polar surface area (TPSA) is 129 Å². The van der Waals surface area contributed by atoms with E-state index in [0.29, 0.717) is 18.1 Å². The number of halogens is 3. The lowest BCUT2D eigenvalue weighted by molar-refractivity contribution is 0.0690. The average molecular weight is 692 g/mol. The third kappa shape index (κ3) is 7.21. The van der Waals surface area contributed by atoms with Crippen LogP contribution in [0.3, 0.4) is 0 Å². The molecule has 3 heterocycles. The van der Waals surface area contributed by atoms with Gasteiger partial charge in [-0.25, -0.2) is 18.8 Å². The van der Waals surface area contributed by atoms with Gasteiger partial charge in [-0.3, -0.25) is 0 Å². The smallest absolute Gasteiger partial charge is 0.358 e. The standard InChI is InChI=1S/C8H11N3O2.C7H9Br2N3.C7H10BrN3/c12-8(13)7-5-11(10-9-7)6-3-1-2-4-6;8-6-7(9)12(11-10-6)5-3-1-2-4-5;8-7-5-11(10-9-7)6-3-1-2-4-6/h5-6H,1-4H2,(H,12,13);5H,1-4H2;5-6H,1-4H2.